The Morgan fingerprint density at radius 3 is 2.33 bits per heavy atom. The molecule has 0 aromatic heterocycles. The quantitative estimate of drug-likeness (QED) is 0.847. The van der Waals surface area contributed by atoms with Gasteiger partial charge in [0.15, 0.2) is 0 Å². The fourth-order valence-electron chi connectivity index (χ4n) is 1.60. The van der Waals surface area contributed by atoms with Crippen LogP contribution in [0.4, 0.5) is 5.69 Å². The molecule has 3 nitrogen and oxygen atoms in total. The molecule has 2 aromatic carbocycles. The summed E-state index contributed by atoms with van der Waals surface area (Å²) in [4.78, 5) is 11.9. The molecule has 18 heavy (non-hydrogen) atoms. The van der Waals surface area contributed by atoms with Gasteiger partial charge in [0.2, 0.25) is 0 Å². The van der Waals surface area contributed by atoms with E-state index in [9.17, 15) is 9.90 Å². The molecule has 0 aliphatic rings. The molecule has 2 N–H and O–H groups in total. The van der Waals surface area contributed by atoms with Gasteiger partial charge in [-0.2, -0.15) is 0 Å². The minimum Gasteiger partial charge on any atom is -0.508 e. The Morgan fingerprint density at radius 1 is 1.06 bits per heavy atom. The lowest BCUT2D eigenvalue weighted by Crippen LogP contribution is -2.11. The third-order valence-corrected chi connectivity index (χ3v) is 2.78. The van der Waals surface area contributed by atoms with E-state index in [1.807, 2.05) is 19.1 Å². The molecule has 0 aliphatic heterocycles. The normalized spacial score (nSPS) is 10.1. The Bertz CT molecular complexity index is 574. The summed E-state index contributed by atoms with van der Waals surface area (Å²) >= 11 is 0. The first-order valence-electron chi connectivity index (χ1n) is 5.74. The largest absolute Gasteiger partial charge is 0.508 e. The van der Waals surface area contributed by atoms with Gasteiger partial charge in [-0.15, -0.1) is 0 Å². The second kappa shape index (κ2) is 4.92. The first-order chi connectivity index (χ1) is 8.56. The van der Waals surface area contributed by atoms with Crippen molar-refractivity contribution < 1.29 is 9.90 Å². The summed E-state index contributed by atoms with van der Waals surface area (Å²) < 4.78 is 0. The molecule has 2 aromatic rings. The number of carbonyl (C=O) groups excluding carboxylic acids is 1. The van der Waals surface area contributed by atoms with Crippen molar-refractivity contribution in [1.82, 2.24) is 0 Å². The van der Waals surface area contributed by atoms with Crippen LogP contribution in [0.5, 0.6) is 5.75 Å². The van der Waals surface area contributed by atoms with Crippen LogP contribution in [0.25, 0.3) is 0 Å². The van der Waals surface area contributed by atoms with Crippen molar-refractivity contribution in [3.05, 3.63) is 59.2 Å². The number of nitrogens with one attached hydrogen (secondary N) is 1. The lowest BCUT2D eigenvalue weighted by atomic mass is 10.1. The number of amides is 1. The van der Waals surface area contributed by atoms with Crippen molar-refractivity contribution in [3.63, 3.8) is 0 Å². The molecule has 0 aliphatic carbocycles. The molecule has 92 valence electrons. The number of hydrogen-bond acceptors (Lipinski definition) is 2. The Labute approximate surface area is 106 Å². The van der Waals surface area contributed by atoms with Crippen LogP contribution in [0.2, 0.25) is 0 Å². The van der Waals surface area contributed by atoms with Crippen molar-refractivity contribution >= 4 is 11.6 Å². The van der Waals surface area contributed by atoms with Crippen molar-refractivity contribution in [3.8, 4) is 5.75 Å². The van der Waals surface area contributed by atoms with Gasteiger partial charge in [-0.1, -0.05) is 23.8 Å². The first kappa shape index (κ1) is 12.2. The molecule has 0 spiro atoms. The highest BCUT2D eigenvalue weighted by Gasteiger charge is 2.06. The van der Waals surface area contributed by atoms with Crippen LogP contribution in [-0.2, 0) is 0 Å². The molecule has 0 bridgehead atoms. The fourth-order valence-corrected chi connectivity index (χ4v) is 1.60. The third-order valence-electron chi connectivity index (χ3n) is 2.78. The smallest absolute Gasteiger partial charge is 0.255 e. The average Bonchev–Trinajstić information content (AvgIpc) is 2.34. The van der Waals surface area contributed by atoms with Crippen LogP contribution < -0.4 is 5.32 Å². The number of aryl methyl sites for hydroxylation is 2. The number of carbonyl (C=O) groups is 1. The predicted molar refractivity (Wildman–Crippen MR) is 72.0 cm³/mol. The van der Waals surface area contributed by atoms with E-state index in [2.05, 4.69) is 5.32 Å². The van der Waals surface area contributed by atoms with Gasteiger partial charge in [0.05, 0.1) is 0 Å². The molecule has 0 saturated carbocycles. The minimum absolute atomic E-state index is 0.178. The van der Waals surface area contributed by atoms with Crippen molar-refractivity contribution in [1.29, 1.82) is 0 Å². The highest BCUT2D eigenvalue weighted by atomic mass is 16.3. The number of phenolic OH excluding ortho intramolecular Hbond substituents is 1. The van der Waals surface area contributed by atoms with Gasteiger partial charge in [0, 0.05) is 17.3 Å². The summed E-state index contributed by atoms with van der Waals surface area (Å²) in [6.45, 7) is 3.78. The van der Waals surface area contributed by atoms with E-state index >= 15 is 0 Å². The van der Waals surface area contributed by atoms with Gasteiger partial charge in [0.1, 0.15) is 5.75 Å². The summed E-state index contributed by atoms with van der Waals surface area (Å²) in [7, 11) is 0. The maximum absolute atomic E-state index is 11.9. The number of anilines is 1. The van der Waals surface area contributed by atoms with E-state index in [1.54, 1.807) is 37.3 Å². The number of hydrogen-bond donors (Lipinski definition) is 2. The highest BCUT2D eigenvalue weighted by molar-refractivity contribution is 6.04. The summed E-state index contributed by atoms with van der Waals surface area (Å²) in [5, 5.41) is 12.3. The number of phenols is 1. The van der Waals surface area contributed by atoms with E-state index in [-0.39, 0.29) is 11.7 Å². The summed E-state index contributed by atoms with van der Waals surface area (Å²) in [6, 6.07) is 12.4. The highest BCUT2D eigenvalue weighted by Crippen LogP contribution is 2.21. The second-order valence-corrected chi connectivity index (χ2v) is 4.32. The number of benzene rings is 2. The molecule has 0 unspecified atom stereocenters. The first-order valence-corrected chi connectivity index (χ1v) is 5.74. The van der Waals surface area contributed by atoms with E-state index in [0.717, 1.165) is 11.1 Å². The maximum atomic E-state index is 11.9. The average molecular weight is 241 g/mol. The van der Waals surface area contributed by atoms with Gasteiger partial charge < -0.3 is 10.4 Å². The Hall–Kier alpha value is -2.29. The molecular weight excluding hydrogens is 226 g/mol. The number of rotatable bonds is 2. The van der Waals surface area contributed by atoms with Crippen molar-refractivity contribution in [2.24, 2.45) is 0 Å². The lowest BCUT2D eigenvalue weighted by molar-refractivity contribution is 0.102. The molecular formula is C15H15NO2. The maximum Gasteiger partial charge on any atom is 0.255 e. The topological polar surface area (TPSA) is 49.3 Å². The monoisotopic (exact) mass is 241 g/mol. The van der Waals surface area contributed by atoms with Crippen LogP contribution in [0.15, 0.2) is 42.5 Å². The predicted octanol–water partition coefficient (Wildman–Crippen LogP) is 3.26. The van der Waals surface area contributed by atoms with Crippen molar-refractivity contribution in [2.75, 3.05) is 5.32 Å². The molecule has 3 heteroatoms. The van der Waals surface area contributed by atoms with Crippen molar-refractivity contribution in [2.45, 2.75) is 13.8 Å². The zero-order valence-corrected chi connectivity index (χ0v) is 10.4. The second-order valence-electron chi connectivity index (χ2n) is 4.32. The molecule has 0 atom stereocenters. The Balaban J connectivity index is 2.16. The molecule has 0 radical (unpaired) electrons. The zero-order chi connectivity index (χ0) is 13.1. The molecule has 0 saturated heterocycles. The molecule has 2 rings (SSSR count). The van der Waals surface area contributed by atoms with E-state index in [0.29, 0.717) is 11.3 Å². The van der Waals surface area contributed by atoms with Gasteiger partial charge in [-0.3, -0.25) is 4.79 Å². The summed E-state index contributed by atoms with van der Waals surface area (Å²) in [5.74, 6) is -0.00467. The standard InChI is InChI=1S/C15H15NO2/c1-10-3-6-12(7-4-10)15(18)16-13-8-5-11(2)14(17)9-13/h3-9,17H,1-2H3,(H,16,18). The van der Waals surface area contributed by atoms with E-state index in [1.165, 1.54) is 0 Å². The van der Waals surface area contributed by atoms with Gasteiger partial charge in [-0.05, 0) is 37.6 Å². The van der Waals surface area contributed by atoms with Crippen LogP contribution in [0.3, 0.4) is 0 Å². The molecule has 1 amide bonds. The van der Waals surface area contributed by atoms with Crippen LogP contribution in [0.1, 0.15) is 21.5 Å². The summed E-state index contributed by atoms with van der Waals surface area (Å²) in [6.07, 6.45) is 0. The van der Waals surface area contributed by atoms with Crippen LogP contribution in [0, 0.1) is 13.8 Å². The van der Waals surface area contributed by atoms with E-state index in [4.69, 9.17) is 0 Å². The Kier molecular flexibility index (Phi) is 3.33. The minimum atomic E-state index is -0.182. The van der Waals surface area contributed by atoms with Gasteiger partial charge >= 0.3 is 0 Å². The summed E-state index contributed by atoms with van der Waals surface area (Å²) in [5.41, 5.74) is 3.08. The van der Waals surface area contributed by atoms with Gasteiger partial charge in [-0.25, -0.2) is 0 Å². The zero-order valence-electron chi connectivity index (χ0n) is 10.4. The lowest BCUT2D eigenvalue weighted by Gasteiger charge is -2.07. The third kappa shape index (κ3) is 2.69. The van der Waals surface area contributed by atoms with Crippen LogP contribution in [-0.4, -0.2) is 11.0 Å². The molecule has 0 fully saturated rings. The van der Waals surface area contributed by atoms with Crippen LogP contribution >= 0.6 is 0 Å². The van der Waals surface area contributed by atoms with Gasteiger partial charge in [0.25, 0.3) is 5.91 Å². The SMILES string of the molecule is Cc1ccc(C(=O)Nc2ccc(C)c(O)c2)cc1. The fraction of sp³-hybridized carbons (Fsp3) is 0.133. The number of aromatic hydroxyl groups is 1. The molecule has 0 heterocycles. The Morgan fingerprint density at radius 2 is 1.72 bits per heavy atom. The van der Waals surface area contributed by atoms with E-state index < -0.39 is 0 Å².